The second-order valence-electron chi connectivity index (χ2n) is 4.63. The van der Waals surface area contributed by atoms with Crippen molar-refractivity contribution in [1.82, 2.24) is 9.78 Å². The quantitative estimate of drug-likeness (QED) is 0.910. The molecule has 0 radical (unpaired) electrons. The number of nitrogens with one attached hydrogen (secondary N) is 1. The number of benzene rings is 1. The number of nitrogens with zero attached hydrogens (tertiary/aromatic N) is 2. The molecule has 6 heteroatoms. The molecule has 0 unspecified atom stereocenters. The highest BCUT2D eigenvalue weighted by molar-refractivity contribution is 5.94. The topological polar surface area (TPSA) is 72.9 Å². The largest absolute Gasteiger partial charge is 0.320 e. The number of amides is 1. The van der Waals surface area contributed by atoms with Crippen molar-refractivity contribution in [2.24, 2.45) is 12.8 Å². The fourth-order valence-electron chi connectivity index (χ4n) is 1.82. The minimum atomic E-state index is -0.545. The Morgan fingerprint density at radius 1 is 1.40 bits per heavy atom. The van der Waals surface area contributed by atoms with Crippen molar-refractivity contribution in [1.29, 1.82) is 0 Å². The molecule has 0 aliphatic carbocycles. The van der Waals surface area contributed by atoms with Gasteiger partial charge in [0.1, 0.15) is 5.82 Å². The van der Waals surface area contributed by atoms with E-state index in [0.29, 0.717) is 5.82 Å². The third-order valence-corrected chi connectivity index (χ3v) is 2.97. The van der Waals surface area contributed by atoms with E-state index in [1.807, 2.05) is 37.3 Å². The first-order valence-electron chi connectivity index (χ1n) is 6.15. The molecule has 1 heterocycles. The highest BCUT2D eigenvalue weighted by Crippen LogP contribution is 2.24. The first-order chi connectivity index (χ1) is 8.99. The summed E-state index contributed by atoms with van der Waals surface area (Å²) in [6, 6.07) is 9.30. The van der Waals surface area contributed by atoms with Gasteiger partial charge in [-0.25, -0.2) is 0 Å². The number of hydrogen-bond acceptors (Lipinski definition) is 3. The number of carbonyl (C=O) groups is 1. The van der Waals surface area contributed by atoms with Gasteiger partial charge in [0.2, 0.25) is 5.91 Å². The number of rotatable bonds is 3. The zero-order valence-electron chi connectivity index (χ0n) is 11.8. The summed E-state index contributed by atoms with van der Waals surface area (Å²) in [7, 11) is 1.79. The van der Waals surface area contributed by atoms with Crippen molar-refractivity contribution in [3.63, 3.8) is 0 Å². The van der Waals surface area contributed by atoms with Crippen molar-refractivity contribution >= 4 is 24.1 Å². The summed E-state index contributed by atoms with van der Waals surface area (Å²) in [6.45, 7) is 3.68. The number of aryl methyl sites for hydroxylation is 2. The van der Waals surface area contributed by atoms with Crippen LogP contribution < -0.4 is 11.1 Å². The number of halogens is 1. The van der Waals surface area contributed by atoms with Gasteiger partial charge in [-0.2, -0.15) is 5.10 Å². The van der Waals surface area contributed by atoms with E-state index in [-0.39, 0.29) is 18.3 Å². The van der Waals surface area contributed by atoms with Gasteiger partial charge < -0.3 is 11.1 Å². The van der Waals surface area contributed by atoms with Crippen molar-refractivity contribution < 1.29 is 4.79 Å². The molecule has 2 aromatic rings. The van der Waals surface area contributed by atoms with Crippen LogP contribution in [0.25, 0.3) is 11.3 Å². The Morgan fingerprint density at radius 3 is 2.65 bits per heavy atom. The van der Waals surface area contributed by atoms with Crippen LogP contribution in [0.4, 0.5) is 5.82 Å². The molecule has 20 heavy (non-hydrogen) atoms. The molecule has 0 aliphatic heterocycles. The molecular formula is C14H19ClN4O. The Bertz CT molecular complexity index is 607. The van der Waals surface area contributed by atoms with Crippen molar-refractivity contribution in [2.45, 2.75) is 19.9 Å². The lowest BCUT2D eigenvalue weighted by Gasteiger charge is -2.06. The minimum Gasteiger partial charge on any atom is -0.320 e. The zero-order chi connectivity index (χ0) is 14.0. The molecule has 1 aromatic heterocycles. The number of anilines is 1. The van der Waals surface area contributed by atoms with Crippen molar-refractivity contribution in [3.8, 4) is 11.3 Å². The van der Waals surface area contributed by atoms with Crippen molar-refractivity contribution in [2.75, 3.05) is 5.32 Å². The van der Waals surface area contributed by atoms with Crippen LogP contribution in [0, 0.1) is 6.92 Å². The Labute approximate surface area is 124 Å². The van der Waals surface area contributed by atoms with E-state index in [0.717, 1.165) is 16.8 Å². The van der Waals surface area contributed by atoms with Crippen molar-refractivity contribution in [3.05, 3.63) is 35.9 Å². The predicted octanol–water partition coefficient (Wildman–Crippen LogP) is 2.10. The highest BCUT2D eigenvalue weighted by atomic mass is 35.5. The summed E-state index contributed by atoms with van der Waals surface area (Å²) in [4.78, 5) is 11.6. The molecular weight excluding hydrogens is 276 g/mol. The van der Waals surface area contributed by atoms with Crippen LogP contribution in [0.2, 0.25) is 0 Å². The Hall–Kier alpha value is -1.85. The molecule has 108 valence electrons. The molecule has 0 aliphatic rings. The van der Waals surface area contributed by atoms with Gasteiger partial charge in [-0.15, -0.1) is 12.4 Å². The summed E-state index contributed by atoms with van der Waals surface area (Å²) in [6.07, 6.45) is 0. The van der Waals surface area contributed by atoms with Crippen LogP contribution in [0.1, 0.15) is 12.5 Å². The lowest BCUT2D eigenvalue weighted by atomic mass is 10.1. The Balaban J connectivity index is 0.00000200. The Kier molecular flexibility index (Phi) is 5.30. The third kappa shape index (κ3) is 3.37. The summed E-state index contributed by atoms with van der Waals surface area (Å²) >= 11 is 0. The second kappa shape index (κ2) is 6.54. The average molecular weight is 295 g/mol. The van der Waals surface area contributed by atoms with Crippen LogP contribution in [0.3, 0.4) is 0 Å². The van der Waals surface area contributed by atoms with E-state index in [1.165, 1.54) is 0 Å². The van der Waals surface area contributed by atoms with Gasteiger partial charge in [-0.1, -0.05) is 24.3 Å². The lowest BCUT2D eigenvalue weighted by molar-refractivity contribution is -0.117. The monoisotopic (exact) mass is 294 g/mol. The van der Waals surface area contributed by atoms with Crippen LogP contribution >= 0.6 is 12.4 Å². The van der Waals surface area contributed by atoms with E-state index >= 15 is 0 Å². The number of hydrogen-bond donors (Lipinski definition) is 2. The van der Waals surface area contributed by atoms with Gasteiger partial charge in [-0.05, 0) is 19.4 Å². The average Bonchev–Trinajstić information content (AvgIpc) is 2.71. The normalized spacial score (nSPS) is 11.6. The smallest absolute Gasteiger partial charge is 0.242 e. The van der Waals surface area contributed by atoms with Crippen LogP contribution in [0.15, 0.2) is 30.3 Å². The molecule has 1 aromatic carbocycles. The summed E-state index contributed by atoms with van der Waals surface area (Å²) in [5.41, 5.74) is 8.57. The summed E-state index contributed by atoms with van der Waals surface area (Å²) in [5.74, 6) is 0.417. The van der Waals surface area contributed by atoms with E-state index < -0.39 is 6.04 Å². The molecule has 5 nitrogen and oxygen atoms in total. The van der Waals surface area contributed by atoms with Crippen LogP contribution in [-0.2, 0) is 11.8 Å². The third-order valence-electron chi connectivity index (χ3n) is 2.97. The zero-order valence-corrected chi connectivity index (χ0v) is 12.6. The van der Waals surface area contributed by atoms with E-state index in [1.54, 1.807) is 18.7 Å². The van der Waals surface area contributed by atoms with E-state index in [9.17, 15) is 4.79 Å². The first kappa shape index (κ1) is 16.2. The van der Waals surface area contributed by atoms with E-state index in [4.69, 9.17) is 5.73 Å². The molecule has 2 rings (SSSR count). The highest BCUT2D eigenvalue weighted by Gasteiger charge is 2.13. The maximum absolute atomic E-state index is 11.6. The summed E-state index contributed by atoms with van der Waals surface area (Å²) < 4.78 is 1.64. The first-order valence-corrected chi connectivity index (χ1v) is 6.15. The van der Waals surface area contributed by atoms with Gasteiger partial charge in [-0.3, -0.25) is 9.48 Å². The predicted molar refractivity (Wildman–Crippen MR) is 82.9 cm³/mol. The van der Waals surface area contributed by atoms with Gasteiger partial charge in [0.15, 0.2) is 0 Å². The maximum Gasteiger partial charge on any atom is 0.242 e. The second-order valence-corrected chi connectivity index (χ2v) is 4.63. The van der Waals surface area contributed by atoms with Gasteiger partial charge in [0, 0.05) is 18.7 Å². The molecule has 1 atom stereocenters. The standard InChI is InChI=1S/C14H18N4O.ClH/c1-9-6-4-5-7-11(9)12-8-13(18(3)17-12)16-14(19)10(2)15;/h4-8,10H,15H2,1-3H3,(H,16,19);1H/t10-;/m0./s1. The van der Waals surface area contributed by atoms with Gasteiger partial charge in [0.05, 0.1) is 11.7 Å². The molecule has 0 fully saturated rings. The molecule has 3 N–H and O–H groups in total. The van der Waals surface area contributed by atoms with Gasteiger partial charge in [0.25, 0.3) is 0 Å². The maximum atomic E-state index is 11.6. The summed E-state index contributed by atoms with van der Waals surface area (Å²) in [5, 5.41) is 7.17. The number of aromatic nitrogens is 2. The number of nitrogens with two attached hydrogens (primary N) is 1. The van der Waals surface area contributed by atoms with Crippen LogP contribution in [0.5, 0.6) is 0 Å². The SMILES string of the molecule is Cc1ccccc1-c1cc(NC(=O)[C@H](C)N)n(C)n1.Cl. The van der Waals surface area contributed by atoms with Gasteiger partial charge >= 0.3 is 0 Å². The molecule has 1 amide bonds. The Morgan fingerprint density at radius 2 is 2.05 bits per heavy atom. The minimum absolute atomic E-state index is 0. The fourth-order valence-corrected chi connectivity index (χ4v) is 1.82. The molecule has 0 bridgehead atoms. The molecule has 0 saturated heterocycles. The van der Waals surface area contributed by atoms with E-state index in [2.05, 4.69) is 10.4 Å². The van der Waals surface area contributed by atoms with Crippen LogP contribution in [-0.4, -0.2) is 21.7 Å². The number of carbonyl (C=O) groups excluding carboxylic acids is 1. The lowest BCUT2D eigenvalue weighted by Crippen LogP contribution is -2.33. The fraction of sp³-hybridized carbons (Fsp3) is 0.286. The molecule has 0 spiro atoms. The molecule has 0 saturated carbocycles.